The van der Waals surface area contributed by atoms with Gasteiger partial charge in [-0.25, -0.2) is 0 Å². The maximum Gasteiger partial charge on any atom is 0.582 e. The number of carbonyl (C=O) groups excluding carboxylic acids is 6. The molecular formula is C45H60B3I3O16. The van der Waals surface area contributed by atoms with E-state index in [1.54, 1.807) is 26.1 Å². The van der Waals surface area contributed by atoms with Crippen LogP contribution in [0.25, 0.3) is 0 Å². The van der Waals surface area contributed by atoms with Gasteiger partial charge in [-0.2, -0.15) is 0 Å². The summed E-state index contributed by atoms with van der Waals surface area (Å²) < 4.78 is 35.7. The van der Waals surface area contributed by atoms with Crippen LogP contribution in [-0.4, -0.2) is 77.6 Å². The summed E-state index contributed by atoms with van der Waals surface area (Å²) in [6, 6.07) is 0. The molecule has 6 fully saturated rings. The molecule has 0 aliphatic carbocycles. The molecule has 0 unspecified atom stereocenters. The lowest BCUT2D eigenvalue weighted by atomic mass is 9.49. The Balaban J connectivity index is 0.000000814. The molecule has 0 saturated carbocycles. The highest BCUT2D eigenvalue weighted by Crippen LogP contribution is 2.43. The third kappa shape index (κ3) is 22.1. The Bertz CT molecular complexity index is 1810. The number of carbonyl (C=O) groups is 8. The molecule has 6 heterocycles. The van der Waals surface area contributed by atoms with Crippen LogP contribution >= 0.6 is 67.8 Å². The van der Waals surface area contributed by atoms with Gasteiger partial charge in [-0.05, 0) is 42.6 Å². The molecule has 0 bridgehead atoms. The highest BCUT2D eigenvalue weighted by atomic mass is 127. The lowest BCUT2D eigenvalue weighted by molar-refractivity contribution is -0.140. The average molecular weight is 1270 g/mol. The summed E-state index contributed by atoms with van der Waals surface area (Å²) in [5.74, 6) is 4.05. The third-order valence-electron chi connectivity index (χ3n) is 9.73. The van der Waals surface area contributed by atoms with Crippen LogP contribution in [0.15, 0.2) is 90.9 Å². The second-order valence-corrected chi connectivity index (χ2v) is 16.9. The van der Waals surface area contributed by atoms with Gasteiger partial charge in [0, 0.05) is 30.3 Å². The Labute approximate surface area is 435 Å². The summed E-state index contributed by atoms with van der Waals surface area (Å²) in [5.41, 5.74) is 0. The molecule has 2 N–H and O–H groups in total. The maximum atomic E-state index is 11.1. The fraction of sp³-hybridized carbons (Fsp3) is 0.400. The smallest absolute Gasteiger partial charge is 0.582 e. The predicted octanol–water partition coefficient (Wildman–Crippen LogP) is 10.1. The molecule has 0 aromatic rings. The van der Waals surface area contributed by atoms with Crippen LogP contribution in [0, 0.1) is 17.5 Å². The van der Waals surface area contributed by atoms with Gasteiger partial charge in [0.2, 0.25) is 0 Å². The first-order chi connectivity index (χ1) is 31.0. The van der Waals surface area contributed by atoms with Gasteiger partial charge in [0.05, 0.1) is 0 Å². The SMILES string of the molecule is C.C.CC/C=C/C=C/C=C/C=C/CCCC(=O)O.CC/C=C/[B-]12OC(=O)C[C+]1CC(=O)O2.O=C(O)CCC/C=C/I.O=C1C[C+]2CC(=O)O[B-]2(/C=C/I)O1.O=C1C[C+]2CC(=O)O[B-]2(/C=C/I)O1. The lowest BCUT2D eigenvalue weighted by Gasteiger charge is -2.20. The molecule has 6 aliphatic rings. The highest BCUT2D eigenvalue weighted by Gasteiger charge is 2.64. The van der Waals surface area contributed by atoms with E-state index in [-0.39, 0.29) is 102 Å². The Kier molecular flexibility index (Phi) is 31.1. The minimum atomic E-state index is -1.86. The van der Waals surface area contributed by atoms with E-state index in [0.29, 0.717) is 6.42 Å². The number of hydrogen-bond acceptors (Lipinski definition) is 14. The molecule has 366 valence electrons. The summed E-state index contributed by atoms with van der Waals surface area (Å²) in [7, 11) is 0. The predicted molar refractivity (Wildman–Crippen MR) is 283 cm³/mol. The largest absolute Gasteiger partial charge is 0.610 e. The van der Waals surface area contributed by atoms with Crippen molar-refractivity contribution in [3.05, 3.63) is 108 Å². The van der Waals surface area contributed by atoms with Crippen LogP contribution < -0.4 is 0 Å². The first kappa shape index (κ1) is 62.7. The highest BCUT2D eigenvalue weighted by molar-refractivity contribution is 14.1. The molecule has 16 nitrogen and oxygen atoms in total. The van der Waals surface area contributed by atoms with Crippen molar-refractivity contribution in [2.45, 2.75) is 119 Å². The zero-order valence-corrected chi connectivity index (χ0v) is 42.6. The van der Waals surface area contributed by atoms with Gasteiger partial charge >= 0.3 is 67.4 Å². The van der Waals surface area contributed by atoms with Crippen LogP contribution in [-0.2, 0) is 66.3 Å². The fourth-order valence-electron chi connectivity index (χ4n) is 6.75. The first-order valence-corrected chi connectivity index (χ1v) is 24.6. The topological polar surface area (TPSA) is 232 Å². The van der Waals surface area contributed by atoms with E-state index in [1.165, 1.54) is 0 Å². The van der Waals surface area contributed by atoms with E-state index in [2.05, 4.69) is 35.6 Å². The van der Waals surface area contributed by atoms with Crippen LogP contribution in [0.2, 0.25) is 0 Å². The molecule has 0 atom stereocenters. The van der Waals surface area contributed by atoms with E-state index in [4.69, 9.17) is 38.1 Å². The molecule has 6 saturated heterocycles. The summed E-state index contributed by atoms with van der Waals surface area (Å²) in [4.78, 5) is 86.3. The summed E-state index contributed by atoms with van der Waals surface area (Å²) in [6.07, 6.45) is 26.5. The van der Waals surface area contributed by atoms with E-state index in [0.717, 1.165) is 49.6 Å². The van der Waals surface area contributed by atoms with Gasteiger partial charge in [-0.3, -0.25) is 38.4 Å². The Morgan fingerprint density at radius 3 is 1.07 bits per heavy atom. The number of allylic oxidation sites excluding steroid dienone is 10. The van der Waals surface area contributed by atoms with Crippen molar-refractivity contribution in [1.82, 2.24) is 0 Å². The fourth-order valence-corrected chi connectivity index (χ4v) is 8.20. The molecule has 0 aromatic carbocycles. The van der Waals surface area contributed by atoms with Crippen molar-refractivity contribution < 1.29 is 76.5 Å². The molecule has 6 rings (SSSR count). The monoisotopic (exact) mass is 1270 g/mol. The first-order valence-electron chi connectivity index (χ1n) is 20.9. The molecule has 0 radical (unpaired) electrons. The number of aliphatic carboxylic acids is 2. The maximum absolute atomic E-state index is 11.1. The minimum absolute atomic E-state index is 0. The van der Waals surface area contributed by atoms with E-state index >= 15 is 0 Å². The quantitative estimate of drug-likeness (QED) is 0.0481. The van der Waals surface area contributed by atoms with E-state index < -0.39 is 31.6 Å². The normalized spacial score (nSPS) is 19.0. The van der Waals surface area contributed by atoms with Crippen molar-refractivity contribution >= 4 is 135 Å². The number of fused-ring (bicyclic) bond motifs is 3. The van der Waals surface area contributed by atoms with E-state index in [1.807, 2.05) is 111 Å². The summed E-state index contributed by atoms with van der Waals surface area (Å²) in [5, 5.41) is 16.6. The second-order valence-electron chi connectivity index (χ2n) is 14.7. The van der Waals surface area contributed by atoms with Crippen molar-refractivity contribution in [3.63, 3.8) is 0 Å². The van der Waals surface area contributed by atoms with E-state index in [9.17, 15) is 38.4 Å². The van der Waals surface area contributed by atoms with Gasteiger partial charge < -0.3 is 38.1 Å². The van der Waals surface area contributed by atoms with Crippen molar-refractivity contribution in [2.75, 3.05) is 0 Å². The Morgan fingerprint density at radius 2 is 0.776 bits per heavy atom. The minimum Gasteiger partial charge on any atom is -0.610 e. The van der Waals surface area contributed by atoms with Gasteiger partial charge in [0.25, 0.3) is 0 Å². The zero-order chi connectivity index (χ0) is 48.3. The Hall–Kier alpha value is -4.33. The third-order valence-corrected chi connectivity index (χ3v) is 11.1. The van der Waals surface area contributed by atoms with Crippen LogP contribution in [0.4, 0.5) is 0 Å². The summed E-state index contributed by atoms with van der Waals surface area (Å²) in [6.45, 7) is -1.51. The van der Waals surface area contributed by atoms with Crippen LogP contribution in [0.5, 0.6) is 0 Å². The molecule has 0 amide bonds. The number of rotatable bonds is 16. The van der Waals surface area contributed by atoms with Gasteiger partial charge in [-0.15, -0.1) is 12.1 Å². The van der Waals surface area contributed by atoms with Crippen molar-refractivity contribution in [2.24, 2.45) is 0 Å². The number of unbranched alkanes of at least 4 members (excludes halogenated alkanes) is 2. The molecular weight excluding hydrogens is 1210 g/mol. The van der Waals surface area contributed by atoms with Crippen molar-refractivity contribution in [1.29, 1.82) is 0 Å². The molecule has 0 spiro atoms. The average Bonchev–Trinajstić information content (AvgIpc) is 4.02. The van der Waals surface area contributed by atoms with Crippen LogP contribution in [0.1, 0.15) is 119 Å². The number of halogens is 3. The van der Waals surface area contributed by atoms with Gasteiger partial charge in [0.1, 0.15) is 38.5 Å². The van der Waals surface area contributed by atoms with Gasteiger partial charge in [-0.1, -0.05) is 171 Å². The lowest BCUT2D eigenvalue weighted by Crippen LogP contribution is -2.37. The van der Waals surface area contributed by atoms with Crippen LogP contribution in [0.3, 0.4) is 0 Å². The zero-order valence-electron chi connectivity index (χ0n) is 36.1. The number of carboxylic acid groups (broad SMARTS) is 2. The standard InChI is InChI=1S/C14H20O2.C9H11BO4.2C7H6BIO4.C6H9IO2.2CH4/c1-2-3-4-5-6-7-8-9-10-11-12-13-14(15)16;1-2-3-4-10-7(5-8(11)13-10)6-9(12)14-10;2*9-2-1-8-5(3-6(10)12-8)4-7(11)13-8;7-5-3-1-2-4-6(8)9;;/h3-10H,2,11-13H2,1H3,(H,15,16);3-4H,2,5-6H2,1H3;2*1-2H,3-4H2;3,5H,1-2,4H2,(H,8,9);2*1H4/b4-3+,6-5+,8-7+,10-9+;4-3+;2*2-1+;5-3+;;. The molecule has 67 heavy (non-hydrogen) atoms. The summed E-state index contributed by atoms with van der Waals surface area (Å²) >= 11 is 6.12. The Morgan fingerprint density at radius 1 is 0.478 bits per heavy atom. The molecule has 22 heteroatoms. The second kappa shape index (κ2) is 33.2. The number of carboxylic acids is 2. The molecule has 0 aromatic heterocycles. The number of hydrogen-bond donors (Lipinski definition) is 2. The molecule has 6 aliphatic heterocycles. The van der Waals surface area contributed by atoms with Crippen molar-refractivity contribution in [3.8, 4) is 0 Å². The van der Waals surface area contributed by atoms with Gasteiger partial charge in [0.15, 0.2) is 0 Å².